The molecule has 0 saturated carbocycles. The molecule has 0 saturated heterocycles. The quantitative estimate of drug-likeness (QED) is 0.745. The molecule has 0 aliphatic rings. The molecule has 3 N–H and O–H groups in total. The minimum atomic E-state index is -0.155. The molecule has 1 amide bonds. The lowest BCUT2D eigenvalue weighted by Gasteiger charge is -2.10. The maximum absolute atomic E-state index is 11.6. The largest absolute Gasteiger partial charge is 0.508 e. The van der Waals surface area contributed by atoms with Gasteiger partial charge in [0.15, 0.2) is 0 Å². The zero-order valence-corrected chi connectivity index (χ0v) is 10.4. The normalized spacial score (nSPS) is 12.2. The third kappa shape index (κ3) is 4.63. The number of amides is 1. The van der Waals surface area contributed by atoms with E-state index >= 15 is 0 Å². The molecule has 4 nitrogen and oxygen atoms in total. The van der Waals surface area contributed by atoms with E-state index in [4.69, 9.17) is 21.8 Å². The Bertz CT molecular complexity index is 395. The molecule has 5 heteroatoms. The number of aliphatic hydroxyl groups excluding tert-OH is 1. The van der Waals surface area contributed by atoms with E-state index in [1.54, 1.807) is 6.07 Å². The van der Waals surface area contributed by atoms with Gasteiger partial charge in [-0.05, 0) is 23.6 Å². The van der Waals surface area contributed by atoms with Crippen LogP contribution in [0.2, 0.25) is 5.02 Å². The van der Waals surface area contributed by atoms with Gasteiger partial charge in [0.2, 0.25) is 5.91 Å². The van der Waals surface area contributed by atoms with Gasteiger partial charge in [0.1, 0.15) is 5.75 Å². The molecule has 1 unspecified atom stereocenters. The molecule has 17 heavy (non-hydrogen) atoms. The minimum Gasteiger partial charge on any atom is -0.508 e. The van der Waals surface area contributed by atoms with Crippen LogP contribution in [0.25, 0.3) is 0 Å². The number of phenolic OH excluding ortho intramolecular Hbond substituents is 1. The van der Waals surface area contributed by atoms with Gasteiger partial charge in [-0.1, -0.05) is 24.6 Å². The highest BCUT2D eigenvalue weighted by Crippen LogP contribution is 2.21. The molecule has 0 aliphatic heterocycles. The molecule has 1 atom stereocenters. The second-order valence-corrected chi connectivity index (χ2v) is 4.45. The van der Waals surface area contributed by atoms with Crippen LogP contribution in [0.1, 0.15) is 12.5 Å². The summed E-state index contributed by atoms with van der Waals surface area (Å²) in [5, 5.41) is 21.1. The van der Waals surface area contributed by atoms with Crippen molar-refractivity contribution in [1.82, 2.24) is 5.32 Å². The number of hydrogen-bond donors (Lipinski definition) is 3. The van der Waals surface area contributed by atoms with Crippen LogP contribution >= 0.6 is 11.6 Å². The van der Waals surface area contributed by atoms with E-state index in [-0.39, 0.29) is 30.6 Å². The van der Waals surface area contributed by atoms with Crippen LogP contribution in [0, 0.1) is 5.92 Å². The Kier molecular flexibility index (Phi) is 5.25. The molecule has 1 aromatic carbocycles. The van der Waals surface area contributed by atoms with E-state index in [1.807, 2.05) is 6.92 Å². The zero-order chi connectivity index (χ0) is 12.8. The smallest absolute Gasteiger partial charge is 0.224 e. The highest BCUT2D eigenvalue weighted by Gasteiger charge is 2.08. The summed E-state index contributed by atoms with van der Waals surface area (Å²) >= 11 is 5.88. The fourth-order valence-electron chi connectivity index (χ4n) is 1.27. The summed E-state index contributed by atoms with van der Waals surface area (Å²) in [6.07, 6.45) is 0.164. The number of nitrogens with one attached hydrogen (secondary N) is 1. The number of halogens is 1. The monoisotopic (exact) mass is 257 g/mol. The molecule has 94 valence electrons. The van der Waals surface area contributed by atoms with E-state index in [9.17, 15) is 4.79 Å². The summed E-state index contributed by atoms with van der Waals surface area (Å²) in [5.74, 6) is -0.0415. The van der Waals surface area contributed by atoms with Gasteiger partial charge in [-0.15, -0.1) is 0 Å². The molecule has 0 bridgehead atoms. The predicted octanol–water partition coefficient (Wildman–Crippen LogP) is 1.33. The number of rotatable bonds is 5. The number of carbonyl (C=O) groups is 1. The van der Waals surface area contributed by atoms with Crippen molar-refractivity contribution in [2.24, 2.45) is 5.92 Å². The van der Waals surface area contributed by atoms with Crippen LogP contribution in [0.5, 0.6) is 5.75 Å². The third-order valence-electron chi connectivity index (χ3n) is 2.35. The second-order valence-electron chi connectivity index (χ2n) is 4.04. The molecular weight excluding hydrogens is 242 g/mol. The molecular formula is C12H16ClNO3. The summed E-state index contributed by atoms with van der Waals surface area (Å²) in [7, 11) is 0. The average Bonchev–Trinajstić information content (AvgIpc) is 2.29. The average molecular weight is 258 g/mol. The van der Waals surface area contributed by atoms with E-state index in [0.29, 0.717) is 17.1 Å². The topological polar surface area (TPSA) is 69.6 Å². The summed E-state index contributed by atoms with van der Waals surface area (Å²) in [6.45, 7) is 2.32. The Morgan fingerprint density at radius 3 is 2.82 bits per heavy atom. The van der Waals surface area contributed by atoms with Crippen LogP contribution in [0.3, 0.4) is 0 Å². The summed E-state index contributed by atoms with van der Waals surface area (Å²) in [4.78, 5) is 11.6. The summed E-state index contributed by atoms with van der Waals surface area (Å²) < 4.78 is 0. The van der Waals surface area contributed by atoms with Gasteiger partial charge in [-0.25, -0.2) is 0 Å². The molecule has 0 heterocycles. The predicted molar refractivity (Wildman–Crippen MR) is 66.1 cm³/mol. The molecule has 1 rings (SSSR count). The SMILES string of the molecule is CC(CO)CNC(=O)Cc1ccc(O)cc1Cl. The van der Waals surface area contributed by atoms with Crippen molar-refractivity contribution in [3.05, 3.63) is 28.8 Å². The molecule has 0 aliphatic carbocycles. The summed E-state index contributed by atoms with van der Waals surface area (Å²) in [6, 6.07) is 4.51. The third-order valence-corrected chi connectivity index (χ3v) is 2.70. The van der Waals surface area contributed by atoms with E-state index in [1.165, 1.54) is 12.1 Å². The Hall–Kier alpha value is -1.26. The first-order chi connectivity index (χ1) is 8.02. The number of carbonyl (C=O) groups excluding carboxylic acids is 1. The fourth-order valence-corrected chi connectivity index (χ4v) is 1.51. The van der Waals surface area contributed by atoms with Gasteiger partial charge in [-0.3, -0.25) is 4.79 Å². The standard InChI is InChI=1S/C12H16ClNO3/c1-8(7-15)6-14-12(17)4-9-2-3-10(16)5-11(9)13/h2-3,5,8,15-16H,4,6-7H2,1H3,(H,14,17). The Labute approximate surface area is 105 Å². The van der Waals surface area contributed by atoms with Gasteiger partial charge in [0.25, 0.3) is 0 Å². The number of aliphatic hydroxyl groups is 1. The van der Waals surface area contributed by atoms with Crippen molar-refractivity contribution in [2.75, 3.05) is 13.2 Å². The van der Waals surface area contributed by atoms with Crippen LogP contribution in [0.4, 0.5) is 0 Å². The van der Waals surface area contributed by atoms with Crippen molar-refractivity contribution >= 4 is 17.5 Å². The fraction of sp³-hybridized carbons (Fsp3) is 0.417. The van der Waals surface area contributed by atoms with Crippen molar-refractivity contribution in [3.8, 4) is 5.75 Å². The number of aromatic hydroxyl groups is 1. The highest BCUT2D eigenvalue weighted by molar-refractivity contribution is 6.31. The molecule has 1 aromatic rings. The molecule has 0 radical (unpaired) electrons. The first-order valence-corrected chi connectivity index (χ1v) is 5.75. The molecule has 0 fully saturated rings. The Morgan fingerprint density at radius 2 is 2.24 bits per heavy atom. The van der Waals surface area contributed by atoms with Crippen molar-refractivity contribution in [3.63, 3.8) is 0 Å². The Morgan fingerprint density at radius 1 is 1.53 bits per heavy atom. The van der Waals surface area contributed by atoms with Crippen LogP contribution in [-0.4, -0.2) is 29.3 Å². The lowest BCUT2D eigenvalue weighted by Crippen LogP contribution is -2.30. The van der Waals surface area contributed by atoms with Crippen molar-refractivity contribution in [1.29, 1.82) is 0 Å². The number of hydrogen-bond acceptors (Lipinski definition) is 3. The number of benzene rings is 1. The minimum absolute atomic E-state index is 0.0363. The van der Waals surface area contributed by atoms with Gasteiger partial charge in [-0.2, -0.15) is 0 Å². The van der Waals surface area contributed by atoms with Crippen molar-refractivity contribution in [2.45, 2.75) is 13.3 Å². The van der Waals surface area contributed by atoms with Crippen LogP contribution in [0.15, 0.2) is 18.2 Å². The zero-order valence-electron chi connectivity index (χ0n) is 9.61. The molecule has 0 spiro atoms. The maximum Gasteiger partial charge on any atom is 0.224 e. The number of phenols is 1. The first-order valence-electron chi connectivity index (χ1n) is 5.38. The van der Waals surface area contributed by atoms with E-state index < -0.39 is 0 Å². The summed E-state index contributed by atoms with van der Waals surface area (Å²) in [5.41, 5.74) is 0.665. The lowest BCUT2D eigenvalue weighted by atomic mass is 10.1. The van der Waals surface area contributed by atoms with Gasteiger partial charge < -0.3 is 15.5 Å². The van der Waals surface area contributed by atoms with Gasteiger partial charge in [0.05, 0.1) is 6.42 Å². The van der Waals surface area contributed by atoms with Gasteiger partial charge >= 0.3 is 0 Å². The maximum atomic E-state index is 11.6. The second kappa shape index (κ2) is 6.47. The highest BCUT2D eigenvalue weighted by atomic mass is 35.5. The first kappa shape index (κ1) is 13.8. The van der Waals surface area contributed by atoms with Crippen molar-refractivity contribution < 1.29 is 15.0 Å². The lowest BCUT2D eigenvalue weighted by molar-refractivity contribution is -0.120. The van der Waals surface area contributed by atoms with Gasteiger partial charge in [0, 0.05) is 18.2 Å². The van der Waals surface area contributed by atoms with Crippen LogP contribution < -0.4 is 5.32 Å². The van der Waals surface area contributed by atoms with Crippen LogP contribution in [-0.2, 0) is 11.2 Å². The molecule has 0 aromatic heterocycles. The van der Waals surface area contributed by atoms with E-state index in [2.05, 4.69) is 5.32 Å². The Balaban J connectivity index is 2.50. The van der Waals surface area contributed by atoms with E-state index in [0.717, 1.165) is 0 Å².